The number of benzene rings is 1. The van der Waals surface area contributed by atoms with Gasteiger partial charge in [-0.15, -0.1) is 0 Å². The molecule has 0 aliphatic carbocycles. The molecule has 0 bridgehead atoms. The van der Waals surface area contributed by atoms with Gasteiger partial charge in [-0.2, -0.15) is 5.26 Å². The molecule has 0 heterocycles. The van der Waals surface area contributed by atoms with Crippen LogP contribution in [0.15, 0.2) is 24.3 Å². The van der Waals surface area contributed by atoms with E-state index in [0.717, 1.165) is 0 Å². The number of hydrogen-bond donors (Lipinski definition) is 2. The SMILES string of the molecule is N#CC(CCC(=O)O)(CCC(=O)O)c1ccc(F)cc1. The molecule has 2 N–H and O–H groups in total. The van der Waals surface area contributed by atoms with Crippen LogP contribution in [0.25, 0.3) is 0 Å². The highest BCUT2D eigenvalue weighted by atomic mass is 19.1. The van der Waals surface area contributed by atoms with Crippen LogP contribution in [0.4, 0.5) is 4.39 Å². The molecule has 1 aromatic rings. The van der Waals surface area contributed by atoms with Gasteiger partial charge < -0.3 is 10.2 Å². The zero-order valence-corrected chi connectivity index (χ0v) is 10.7. The summed E-state index contributed by atoms with van der Waals surface area (Å²) < 4.78 is 12.9. The van der Waals surface area contributed by atoms with E-state index in [9.17, 15) is 19.2 Å². The second-order valence-electron chi connectivity index (χ2n) is 4.49. The Morgan fingerprint density at radius 2 is 1.55 bits per heavy atom. The van der Waals surface area contributed by atoms with Crippen LogP contribution >= 0.6 is 0 Å². The summed E-state index contributed by atoms with van der Waals surface area (Å²) in [6.07, 6.45) is -0.551. The molecule has 0 spiro atoms. The van der Waals surface area contributed by atoms with E-state index in [1.807, 2.05) is 6.07 Å². The molecule has 0 fully saturated rings. The van der Waals surface area contributed by atoms with Gasteiger partial charge in [-0.25, -0.2) is 4.39 Å². The predicted octanol–water partition coefficient (Wildman–Crippen LogP) is 2.32. The fraction of sp³-hybridized carbons (Fsp3) is 0.357. The van der Waals surface area contributed by atoms with E-state index >= 15 is 0 Å². The number of hydrogen-bond acceptors (Lipinski definition) is 3. The van der Waals surface area contributed by atoms with Crippen molar-refractivity contribution in [3.05, 3.63) is 35.6 Å². The molecular weight excluding hydrogens is 265 g/mol. The number of carbonyl (C=O) groups is 2. The molecule has 106 valence electrons. The minimum atomic E-state index is -1.23. The summed E-state index contributed by atoms with van der Waals surface area (Å²) in [5.74, 6) is -2.61. The molecule has 1 aromatic carbocycles. The van der Waals surface area contributed by atoms with Gasteiger partial charge in [0.2, 0.25) is 0 Å². The normalized spacial score (nSPS) is 10.8. The third-order valence-electron chi connectivity index (χ3n) is 3.14. The Kier molecular flexibility index (Phi) is 5.21. The lowest BCUT2D eigenvalue weighted by Crippen LogP contribution is -2.26. The topological polar surface area (TPSA) is 98.4 Å². The van der Waals surface area contributed by atoms with Crippen molar-refractivity contribution in [2.45, 2.75) is 31.1 Å². The van der Waals surface area contributed by atoms with Crippen LogP contribution in [0.5, 0.6) is 0 Å². The first kappa shape index (κ1) is 15.6. The quantitative estimate of drug-likeness (QED) is 0.798. The highest BCUT2D eigenvalue weighted by molar-refractivity contribution is 5.68. The van der Waals surface area contributed by atoms with Gasteiger partial charge in [-0.05, 0) is 30.5 Å². The third-order valence-corrected chi connectivity index (χ3v) is 3.14. The van der Waals surface area contributed by atoms with E-state index in [-0.39, 0.29) is 25.7 Å². The summed E-state index contributed by atoms with van der Waals surface area (Å²) in [6.45, 7) is 0. The predicted molar refractivity (Wildman–Crippen MR) is 67.4 cm³/mol. The van der Waals surface area contributed by atoms with Crippen molar-refractivity contribution in [3.8, 4) is 6.07 Å². The maximum Gasteiger partial charge on any atom is 0.303 e. The summed E-state index contributed by atoms with van der Waals surface area (Å²) in [4.78, 5) is 21.4. The lowest BCUT2D eigenvalue weighted by Gasteiger charge is -2.26. The number of halogens is 1. The monoisotopic (exact) mass is 279 g/mol. The Bertz CT molecular complexity index is 515. The number of rotatable bonds is 7. The number of aliphatic carboxylic acids is 2. The zero-order valence-electron chi connectivity index (χ0n) is 10.7. The Hall–Kier alpha value is -2.42. The first-order valence-corrected chi connectivity index (χ1v) is 6.00. The van der Waals surface area contributed by atoms with E-state index in [0.29, 0.717) is 5.56 Å². The standard InChI is InChI=1S/C14H14FNO4/c15-11-3-1-10(2-4-11)14(9-16,7-5-12(17)18)8-6-13(19)20/h1-4H,5-8H2,(H,17,18)(H,19,20). The number of carboxylic acids is 2. The summed E-state index contributed by atoms with van der Waals surface area (Å²) >= 11 is 0. The zero-order chi connectivity index (χ0) is 15.2. The summed E-state index contributed by atoms with van der Waals surface area (Å²) in [5.41, 5.74) is -0.797. The van der Waals surface area contributed by atoms with Crippen molar-refractivity contribution in [1.29, 1.82) is 5.26 Å². The van der Waals surface area contributed by atoms with Crippen molar-refractivity contribution in [2.24, 2.45) is 0 Å². The van der Waals surface area contributed by atoms with Crippen LogP contribution in [-0.4, -0.2) is 22.2 Å². The maximum atomic E-state index is 12.9. The van der Waals surface area contributed by atoms with Crippen LogP contribution in [0, 0.1) is 17.1 Å². The second-order valence-corrected chi connectivity index (χ2v) is 4.49. The van der Waals surface area contributed by atoms with Crippen molar-refractivity contribution in [1.82, 2.24) is 0 Å². The van der Waals surface area contributed by atoms with Gasteiger partial charge >= 0.3 is 11.9 Å². The fourth-order valence-corrected chi connectivity index (χ4v) is 2.00. The Labute approximate surface area is 115 Å². The molecule has 0 saturated carbocycles. The number of carboxylic acid groups (broad SMARTS) is 2. The molecule has 0 aromatic heterocycles. The largest absolute Gasteiger partial charge is 0.481 e. The van der Waals surface area contributed by atoms with Gasteiger partial charge in [-0.3, -0.25) is 9.59 Å². The lowest BCUT2D eigenvalue weighted by atomic mass is 9.74. The smallest absolute Gasteiger partial charge is 0.303 e. The molecule has 6 heteroatoms. The summed E-state index contributed by atoms with van der Waals surface area (Å²) in [6, 6.07) is 7.13. The average Bonchev–Trinajstić information content (AvgIpc) is 2.40. The average molecular weight is 279 g/mol. The first-order chi connectivity index (χ1) is 9.39. The number of nitriles is 1. The van der Waals surface area contributed by atoms with Crippen LogP contribution in [-0.2, 0) is 15.0 Å². The highest BCUT2D eigenvalue weighted by Crippen LogP contribution is 2.34. The van der Waals surface area contributed by atoms with E-state index in [1.165, 1.54) is 24.3 Å². The van der Waals surface area contributed by atoms with Gasteiger partial charge in [0, 0.05) is 12.8 Å². The Balaban J connectivity index is 3.08. The molecule has 0 atom stereocenters. The molecule has 20 heavy (non-hydrogen) atoms. The Morgan fingerprint density at radius 1 is 1.10 bits per heavy atom. The molecule has 0 radical (unpaired) electrons. The summed E-state index contributed by atoms with van der Waals surface area (Å²) in [7, 11) is 0. The van der Waals surface area contributed by atoms with Gasteiger partial charge in [0.05, 0.1) is 11.5 Å². The first-order valence-electron chi connectivity index (χ1n) is 6.00. The molecule has 0 amide bonds. The lowest BCUT2D eigenvalue weighted by molar-refractivity contribution is -0.137. The maximum absolute atomic E-state index is 12.9. The van der Waals surface area contributed by atoms with Crippen LogP contribution < -0.4 is 0 Å². The fourth-order valence-electron chi connectivity index (χ4n) is 2.00. The van der Waals surface area contributed by atoms with Gasteiger partial charge in [0.15, 0.2) is 0 Å². The Morgan fingerprint density at radius 3 is 1.90 bits per heavy atom. The second kappa shape index (κ2) is 6.66. The minimum absolute atomic E-state index is 0.0161. The van der Waals surface area contributed by atoms with Crippen molar-refractivity contribution >= 4 is 11.9 Å². The van der Waals surface area contributed by atoms with E-state index < -0.39 is 23.2 Å². The molecular formula is C14H14FNO4. The van der Waals surface area contributed by atoms with E-state index in [1.54, 1.807) is 0 Å². The molecule has 0 aliphatic heterocycles. The minimum Gasteiger partial charge on any atom is -0.481 e. The van der Waals surface area contributed by atoms with Crippen LogP contribution in [0.3, 0.4) is 0 Å². The summed E-state index contributed by atoms with van der Waals surface area (Å²) in [5, 5.41) is 26.9. The van der Waals surface area contributed by atoms with Crippen molar-refractivity contribution in [3.63, 3.8) is 0 Å². The molecule has 5 nitrogen and oxygen atoms in total. The molecule has 1 rings (SSSR count). The van der Waals surface area contributed by atoms with E-state index in [2.05, 4.69) is 0 Å². The third kappa shape index (κ3) is 4.05. The molecule has 0 aliphatic rings. The van der Waals surface area contributed by atoms with Crippen LogP contribution in [0.2, 0.25) is 0 Å². The van der Waals surface area contributed by atoms with Gasteiger partial charge in [0.25, 0.3) is 0 Å². The van der Waals surface area contributed by atoms with Gasteiger partial charge in [-0.1, -0.05) is 12.1 Å². The number of nitrogens with zero attached hydrogens (tertiary/aromatic N) is 1. The molecule has 0 unspecified atom stereocenters. The van der Waals surface area contributed by atoms with Crippen molar-refractivity contribution in [2.75, 3.05) is 0 Å². The van der Waals surface area contributed by atoms with Crippen molar-refractivity contribution < 1.29 is 24.2 Å². The van der Waals surface area contributed by atoms with Crippen LogP contribution in [0.1, 0.15) is 31.2 Å². The molecule has 0 saturated heterocycles. The highest BCUT2D eigenvalue weighted by Gasteiger charge is 2.33. The van der Waals surface area contributed by atoms with E-state index in [4.69, 9.17) is 10.2 Å². The van der Waals surface area contributed by atoms with Gasteiger partial charge in [0.1, 0.15) is 5.82 Å².